The van der Waals surface area contributed by atoms with E-state index in [1.165, 1.54) is 16.7 Å². The Labute approximate surface area is 138 Å². The van der Waals surface area contributed by atoms with Crippen molar-refractivity contribution in [2.45, 2.75) is 46.0 Å². The fraction of sp³-hybridized carbons (Fsp3) is 0.444. The molecule has 24 heavy (non-hydrogen) atoms. The van der Waals surface area contributed by atoms with Crippen LogP contribution in [0.4, 0.5) is 8.78 Å². The Hall–Kier alpha value is -2.24. The van der Waals surface area contributed by atoms with Crippen molar-refractivity contribution in [1.29, 1.82) is 0 Å². The molecule has 0 amide bonds. The molecule has 1 aliphatic heterocycles. The normalized spacial score (nSPS) is 15.3. The lowest BCUT2D eigenvalue weighted by Crippen LogP contribution is -2.23. The maximum atomic E-state index is 13.7. The first-order valence-corrected chi connectivity index (χ1v) is 8.10. The molecular formula is C18H20F2N2O2. The quantitative estimate of drug-likeness (QED) is 0.857. The van der Waals surface area contributed by atoms with E-state index in [9.17, 15) is 13.6 Å². The van der Waals surface area contributed by atoms with Gasteiger partial charge in [0.15, 0.2) is 0 Å². The van der Waals surface area contributed by atoms with Gasteiger partial charge in [-0.25, -0.2) is 13.8 Å². The molecule has 0 saturated carbocycles. The van der Waals surface area contributed by atoms with Gasteiger partial charge in [0.25, 0.3) is 11.5 Å². The molecule has 2 aromatic rings. The van der Waals surface area contributed by atoms with Gasteiger partial charge in [0, 0.05) is 24.2 Å². The molecular weight excluding hydrogens is 314 g/mol. The second-order valence-electron chi connectivity index (χ2n) is 6.14. The largest absolute Gasteiger partial charge is 0.492 e. The van der Waals surface area contributed by atoms with Gasteiger partial charge in [-0.2, -0.15) is 0 Å². The Morgan fingerprint density at radius 3 is 2.75 bits per heavy atom. The van der Waals surface area contributed by atoms with Crippen LogP contribution >= 0.6 is 0 Å². The molecule has 4 nitrogen and oxygen atoms in total. The van der Waals surface area contributed by atoms with Crippen LogP contribution in [0.3, 0.4) is 0 Å². The fourth-order valence-corrected chi connectivity index (χ4v) is 2.86. The highest BCUT2D eigenvalue weighted by atomic mass is 19.3. The highest BCUT2D eigenvalue weighted by molar-refractivity contribution is 5.63. The van der Waals surface area contributed by atoms with Crippen molar-refractivity contribution in [2.24, 2.45) is 0 Å². The summed E-state index contributed by atoms with van der Waals surface area (Å²) < 4.78 is 34.3. The Balaban J connectivity index is 2.32. The second kappa shape index (κ2) is 6.00. The van der Waals surface area contributed by atoms with Crippen molar-refractivity contribution in [3.63, 3.8) is 0 Å². The Morgan fingerprint density at radius 2 is 2.17 bits per heavy atom. The zero-order valence-corrected chi connectivity index (χ0v) is 14.0. The van der Waals surface area contributed by atoms with E-state index in [-0.39, 0.29) is 11.1 Å². The average Bonchev–Trinajstić information content (AvgIpc) is 2.57. The van der Waals surface area contributed by atoms with Gasteiger partial charge >= 0.3 is 0 Å². The summed E-state index contributed by atoms with van der Waals surface area (Å²) in [5, 5.41) is 0. The van der Waals surface area contributed by atoms with Crippen LogP contribution in [0.15, 0.2) is 23.1 Å². The molecule has 0 radical (unpaired) electrons. The van der Waals surface area contributed by atoms with Crippen LogP contribution < -0.4 is 5.56 Å². The van der Waals surface area contributed by atoms with Gasteiger partial charge in [-0.1, -0.05) is 6.92 Å². The number of hydrogen-bond donors (Lipinski definition) is 0. The number of ether oxygens (including phenoxy) is 1. The molecule has 0 bridgehead atoms. The monoisotopic (exact) mass is 334 g/mol. The fourth-order valence-electron chi connectivity index (χ4n) is 2.86. The molecule has 0 unspecified atom stereocenters. The maximum absolute atomic E-state index is 13.7. The molecule has 0 atom stereocenters. The molecule has 3 rings (SSSR count). The van der Waals surface area contributed by atoms with E-state index in [2.05, 4.69) is 4.98 Å². The predicted octanol–water partition coefficient (Wildman–Crippen LogP) is 3.83. The number of alkyl halides is 2. The number of fused-ring (bicyclic) bond motifs is 1. The van der Waals surface area contributed by atoms with Gasteiger partial charge in [-0.3, -0.25) is 9.20 Å². The lowest BCUT2D eigenvalue weighted by Gasteiger charge is -2.18. The molecule has 0 saturated heterocycles. The van der Waals surface area contributed by atoms with Crippen molar-refractivity contribution >= 4 is 11.4 Å². The van der Waals surface area contributed by atoms with E-state index >= 15 is 0 Å². The van der Waals surface area contributed by atoms with Gasteiger partial charge in [0.1, 0.15) is 17.1 Å². The summed E-state index contributed by atoms with van der Waals surface area (Å²) in [5.41, 5.74) is 1.40. The molecule has 1 aliphatic rings. The molecule has 0 fully saturated rings. The van der Waals surface area contributed by atoms with Crippen molar-refractivity contribution in [3.8, 4) is 0 Å². The summed E-state index contributed by atoms with van der Waals surface area (Å²) in [7, 11) is 0. The van der Waals surface area contributed by atoms with Gasteiger partial charge in [0.2, 0.25) is 0 Å². The van der Waals surface area contributed by atoms with Crippen LogP contribution in [0.5, 0.6) is 0 Å². The number of aryl methyl sites for hydroxylation is 1. The van der Waals surface area contributed by atoms with E-state index in [4.69, 9.17) is 4.74 Å². The Bertz CT molecular complexity index is 879. The number of allylic oxidation sites excluding steroid dienone is 1. The number of pyridine rings is 1. The lowest BCUT2D eigenvalue weighted by molar-refractivity contribution is 0.0169. The summed E-state index contributed by atoms with van der Waals surface area (Å²) in [6.07, 6.45) is 5.43. The number of nitrogens with zero attached hydrogens (tertiary/aromatic N) is 2. The highest BCUT2D eigenvalue weighted by Gasteiger charge is 2.27. The summed E-state index contributed by atoms with van der Waals surface area (Å²) in [5.74, 6) is -2.41. The second-order valence-corrected chi connectivity index (χ2v) is 6.14. The highest BCUT2D eigenvalue weighted by Crippen LogP contribution is 2.29. The SMILES string of the molecule is CCc1cc(C(C)(F)F)cn2c(=O)c(C)c(C3=CCCCO3)nc12. The van der Waals surface area contributed by atoms with Crippen LogP contribution in [0.25, 0.3) is 11.4 Å². The minimum absolute atomic E-state index is 0.184. The molecule has 0 spiro atoms. The first-order chi connectivity index (χ1) is 11.3. The lowest BCUT2D eigenvalue weighted by atomic mass is 10.1. The van der Waals surface area contributed by atoms with Crippen molar-refractivity contribution in [2.75, 3.05) is 6.61 Å². The smallest absolute Gasteiger partial charge is 0.271 e. The predicted molar refractivity (Wildman–Crippen MR) is 88.3 cm³/mol. The molecule has 2 aromatic heterocycles. The third-order valence-corrected chi connectivity index (χ3v) is 4.28. The van der Waals surface area contributed by atoms with Crippen molar-refractivity contribution < 1.29 is 13.5 Å². The van der Waals surface area contributed by atoms with Gasteiger partial charge in [0.05, 0.1) is 6.61 Å². The van der Waals surface area contributed by atoms with Gasteiger partial charge < -0.3 is 4.74 Å². The molecule has 6 heteroatoms. The number of hydrogen-bond acceptors (Lipinski definition) is 3. The van der Waals surface area contributed by atoms with E-state index in [0.717, 1.165) is 19.8 Å². The number of aromatic nitrogens is 2. The molecule has 128 valence electrons. The summed E-state index contributed by atoms with van der Waals surface area (Å²) >= 11 is 0. The summed E-state index contributed by atoms with van der Waals surface area (Å²) in [4.78, 5) is 17.3. The van der Waals surface area contributed by atoms with Gasteiger partial charge in [-0.05, 0) is 43.9 Å². The maximum Gasteiger partial charge on any atom is 0.271 e. The number of rotatable bonds is 3. The van der Waals surface area contributed by atoms with Crippen molar-refractivity contribution in [1.82, 2.24) is 9.38 Å². The molecule has 0 aliphatic carbocycles. The topological polar surface area (TPSA) is 43.6 Å². The minimum atomic E-state index is -3.01. The molecule has 0 N–H and O–H groups in total. The van der Waals surface area contributed by atoms with E-state index < -0.39 is 5.92 Å². The van der Waals surface area contributed by atoms with Crippen LogP contribution in [0.2, 0.25) is 0 Å². The first kappa shape index (κ1) is 16.6. The summed E-state index contributed by atoms with van der Waals surface area (Å²) in [6, 6.07) is 1.43. The average molecular weight is 334 g/mol. The van der Waals surface area contributed by atoms with E-state index in [1.807, 2.05) is 13.0 Å². The van der Waals surface area contributed by atoms with E-state index in [1.54, 1.807) is 6.92 Å². The van der Waals surface area contributed by atoms with Crippen LogP contribution in [0.1, 0.15) is 49.1 Å². The molecule has 0 aromatic carbocycles. The van der Waals surface area contributed by atoms with Crippen LogP contribution in [0, 0.1) is 6.92 Å². The first-order valence-electron chi connectivity index (χ1n) is 8.10. The number of halogens is 2. The Morgan fingerprint density at radius 1 is 1.42 bits per heavy atom. The van der Waals surface area contributed by atoms with Crippen LogP contribution in [-0.4, -0.2) is 16.0 Å². The zero-order chi connectivity index (χ0) is 17.5. The minimum Gasteiger partial charge on any atom is -0.492 e. The van der Waals surface area contributed by atoms with Crippen molar-refractivity contribution in [3.05, 3.63) is 51.1 Å². The third kappa shape index (κ3) is 2.81. The van der Waals surface area contributed by atoms with Crippen LogP contribution in [-0.2, 0) is 17.1 Å². The third-order valence-electron chi connectivity index (χ3n) is 4.28. The Kier molecular flexibility index (Phi) is 4.15. The standard InChI is InChI=1S/C18H20F2N2O2/c1-4-12-9-13(18(3,19)20)10-22-16(12)21-15(11(2)17(22)23)14-7-5-6-8-24-14/h7,9-10H,4-6,8H2,1-3H3. The van der Waals surface area contributed by atoms with Gasteiger partial charge in [-0.15, -0.1) is 0 Å². The van der Waals surface area contributed by atoms with E-state index in [0.29, 0.717) is 41.3 Å². The zero-order valence-electron chi connectivity index (χ0n) is 14.0. The summed E-state index contributed by atoms with van der Waals surface area (Å²) in [6.45, 7) is 4.93. The molecule has 3 heterocycles.